The summed E-state index contributed by atoms with van der Waals surface area (Å²) < 4.78 is 28.8. The maximum Gasteiger partial charge on any atom is 0.143 e. The Balaban J connectivity index is 1.91. The maximum absolute atomic E-state index is 13.9. The number of hydrogen-bond acceptors (Lipinski definition) is 2. The molecule has 0 amide bonds. The molecule has 0 fully saturated rings. The molecule has 0 radical (unpaired) electrons. The highest BCUT2D eigenvalue weighted by Gasteiger charge is 2.12. The fraction of sp³-hybridized carbons (Fsp3) is 0.118. The molecule has 1 heterocycles. The van der Waals surface area contributed by atoms with E-state index in [9.17, 15) is 8.78 Å². The predicted octanol–water partition coefficient (Wildman–Crippen LogP) is 3.34. The van der Waals surface area contributed by atoms with Gasteiger partial charge in [0.1, 0.15) is 17.5 Å². The Bertz CT molecular complexity index is 779. The molecule has 5 heteroatoms. The van der Waals surface area contributed by atoms with Crippen LogP contribution < -0.4 is 5.73 Å². The van der Waals surface area contributed by atoms with Crippen LogP contribution in [0.25, 0.3) is 11.4 Å². The average Bonchev–Trinajstić information content (AvgIpc) is 2.96. The van der Waals surface area contributed by atoms with Crippen LogP contribution in [0.3, 0.4) is 0 Å². The first kappa shape index (κ1) is 14.4. The highest BCUT2D eigenvalue weighted by molar-refractivity contribution is 5.56. The average molecular weight is 299 g/mol. The van der Waals surface area contributed by atoms with E-state index < -0.39 is 11.6 Å². The minimum Gasteiger partial charge on any atom is -0.326 e. The number of rotatable bonds is 4. The fourth-order valence-electron chi connectivity index (χ4n) is 2.33. The van der Waals surface area contributed by atoms with Gasteiger partial charge < -0.3 is 10.3 Å². The zero-order valence-electron chi connectivity index (χ0n) is 11.8. The SMILES string of the molecule is NCc1ccc(Cn2ccnc2-c2ccc(F)cc2F)cc1. The van der Waals surface area contributed by atoms with Crippen molar-refractivity contribution in [3.05, 3.63) is 77.6 Å². The highest BCUT2D eigenvalue weighted by atomic mass is 19.1. The van der Waals surface area contributed by atoms with Gasteiger partial charge in [0.25, 0.3) is 0 Å². The molecule has 2 aromatic carbocycles. The van der Waals surface area contributed by atoms with Crippen molar-refractivity contribution in [3.63, 3.8) is 0 Å². The Morgan fingerprint density at radius 3 is 2.41 bits per heavy atom. The first-order chi connectivity index (χ1) is 10.7. The van der Waals surface area contributed by atoms with Gasteiger partial charge in [-0.2, -0.15) is 0 Å². The number of imidazole rings is 1. The number of halogens is 2. The molecule has 1 aromatic heterocycles. The topological polar surface area (TPSA) is 43.8 Å². The Labute approximate surface area is 127 Å². The highest BCUT2D eigenvalue weighted by Crippen LogP contribution is 2.22. The normalized spacial score (nSPS) is 10.9. The van der Waals surface area contributed by atoms with Crippen LogP contribution in [0.4, 0.5) is 8.78 Å². The van der Waals surface area contributed by atoms with Gasteiger partial charge >= 0.3 is 0 Å². The van der Waals surface area contributed by atoms with Gasteiger partial charge in [-0.1, -0.05) is 24.3 Å². The van der Waals surface area contributed by atoms with E-state index in [-0.39, 0.29) is 5.56 Å². The van der Waals surface area contributed by atoms with Crippen LogP contribution in [0.5, 0.6) is 0 Å². The molecule has 0 unspecified atom stereocenters. The summed E-state index contributed by atoms with van der Waals surface area (Å²) in [5, 5.41) is 0. The summed E-state index contributed by atoms with van der Waals surface area (Å²) in [6.07, 6.45) is 3.38. The van der Waals surface area contributed by atoms with Crippen LogP contribution in [0.1, 0.15) is 11.1 Å². The molecule has 2 N–H and O–H groups in total. The third-order valence-electron chi connectivity index (χ3n) is 3.50. The number of nitrogens with two attached hydrogens (primary N) is 1. The molecule has 0 aliphatic heterocycles. The van der Waals surface area contributed by atoms with Crippen LogP contribution in [-0.2, 0) is 13.1 Å². The molecule has 0 saturated carbocycles. The van der Waals surface area contributed by atoms with Crippen LogP contribution in [0.2, 0.25) is 0 Å². The van der Waals surface area contributed by atoms with Gasteiger partial charge in [-0.05, 0) is 23.3 Å². The summed E-state index contributed by atoms with van der Waals surface area (Å²) in [4.78, 5) is 4.19. The molecule has 22 heavy (non-hydrogen) atoms. The summed E-state index contributed by atoms with van der Waals surface area (Å²) in [6, 6.07) is 11.4. The molecule has 0 aliphatic rings. The van der Waals surface area contributed by atoms with Crippen LogP contribution in [-0.4, -0.2) is 9.55 Å². The molecule has 3 aromatic rings. The van der Waals surface area contributed by atoms with E-state index in [1.165, 1.54) is 12.1 Å². The van der Waals surface area contributed by atoms with Crippen molar-refractivity contribution >= 4 is 0 Å². The third kappa shape index (κ3) is 2.89. The van der Waals surface area contributed by atoms with E-state index in [2.05, 4.69) is 4.98 Å². The summed E-state index contributed by atoms with van der Waals surface area (Å²) >= 11 is 0. The smallest absolute Gasteiger partial charge is 0.143 e. The third-order valence-corrected chi connectivity index (χ3v) is 3.50. The first-order valence-corrected chi connectivity index (χ1v) is 6.92. The van der Waals surface area contributed by atoms with Crippen molar-refractivity contribution in [1.29, 1.82) is 0 Å². The predicted molar refractivity (Wildman–Crippen MR) is 81.0 cm³/mol. The molecule has 0 saturated heterocycles. The molecular formula is C17H15F2N3. The van der Waals surface area contributed by atoms with E-state index in [0.29, 0.717) is 18.9 Å². The lowest BCUT2D eigenvalue weighted by Gasteiger charge is -2.09. The lowest BCUT2D eigenvalue weighted by molar-refractivity contribution is 0.584. The van der Waals surface area contributed by atoms with E-state index in [4.69, 9.17) is 5.73 Å². The Hall–Kier alpha value is -2.53. The first-order valence-electron chi connectivity index (χ1n) is 6.92. The van der Waals surface area contributed by atoms with Gasteiger partial charge in [0.15, 0.2) is 0 Å². The molecular weight excluding hydrogens is 284 g/mol. The quantitative estimate of drug-likeness (QED) is 0.803. The standard InChI is InChI=1S/C17H15F2N3/c18-14-5-6-15(16(19)9-14)17-21-7-8-22(17)11-13-3-1-12(10-20)2-4-13/h1-9H,10-11,20H2. The van der Waals surface area contributed by atoms with E-state index in [1.807, 2.05) is 28.8 Å². The second-order valence-electron chi connectivity index (χ2n) is 5.02. The lowest BCUT2D eigenvalue weighted by atomic mass is 10.1. The Morgan fingerprint density at radius 1 is 1.00 bits per heavy atom. The van der Waals surface area contributed by atoms with Gasteiger partial charge in [-0.25, -0.2) is 13.8 Å². The summed E-state index contributed by atoms with van der Waals surface area (Å²) in [6.45, 7) is 1.05. The number of benzene rings is 2. The van der Waals surface area contributed by atoms with E-state index >= 15 is 0 Å². The largest absolute Gasteiger partial charge is 0.326 e. The zero-order chi connectivity index (χ0) is 15.5. The van der Waals surface area contributed by atoms with Gasteiger partial charge in [0.05, 0.1) is 5.56 Å². The molecule has 0 bridgehead atoms. The zero-order valence-corrected chi connectivity index (χ0v) is 11.8. The van der Waals surface area contributed by atoms with Gasteiger partial charge in [0.2, 0.25) is 0 Å². The van der Waals surface area contributed by atoms with Crippen molar-refractivity contribution in [2.45, 2.75) is 13.1 Å². The molecule has 0 aliphatic carbocycles. The monoisotopic (exact) mass is 299 g/mol. The van der Waals surface area contributed by atoms with Crippen molar-refractivity contribution in [2.75, 3.05) is 0 Å². The van der Waals surface area contributed by atoms with Gasteiger partial charge in [-0.15, -0.1) is 0 Å². The van der Waals surface area contributed by atoms with Gasteiger partial charge in [-0.3, -0.25) is 0 Å². The second-order valence-corrected chi connectivity index (χ2v) is 5.02. The van der Waals surface area contributed by atoms with Crippen molar-refractivity contribution in [1.82, 2.24) is 9.55 Å². The number of hydrogen-bond donors (Lipinski definition) is 1. The summed E-state index contributed by atoms with van der Waals surface area (Å²) in [5.41, 5.74) is 7.97. The molecule has 0 spiro atoms. The van der Waals surface area contributed by atoms with Crippen molar-refractivity contribution in [3.8, 4) is 11.4 Å². The minimum atomic E-state index is -0.620. The van der Waals surface area contributed by atoms with Crippen molar-refractivity contribution in [2.24, 2.45) is 5.73 Å². The van der Waals surface area contributed by atoms with Crippen LogP contribution in [0, 0.1) is 11.6 Å². The summed E-state index contributed by atoms with van der Waals surface area (Å²) in [5.74, 6) is -0.747. The molecule has 3 nitrogen and oxygen atoms in total. The Morgan fingerprint density at radius 2 is 1.73 bits per heavy atom. The molecule has 0 atom stereocenters. The lowest BCUT2D eigenvalue weighted by Crippen LogP contribution is -2.03. The van der Waals surface area contributed by atoms with Gasteiger partial charge in [0, 0.05) is 31.5 Å². The molecule has 112 valence electrons. The fourth-order valence-corrected chi connectivity index (χ4v) is 2.33. The van der Waals surface area contributed by atoms with Crippen molar-refractivity contribution < 1.29 is 8.78 Å². The Kier molecular flexibility index (Phi) is 3.98. The van der Waals surface area contributed by atoms with E-state index in [1.54, 1.807) is 12.4 Å². The van der Waals surface area contributed by atoms with Crippen LogP contribution >= 0.6 is 0 Å². The summed E-state index contributed by atoms with van der Waals surface area (Å²) in [7, 11) is 0. The number of aromatic nitrogens is 2. The molecule has 3 rings (SSSR count). The maximum atomic E-state index is 13.9. The van der Waals surface area contributed by atoms with Crippen LogP contribution in [0.15, 0.2) is 54.9 Å². The van der Waals surface area contributed by atoms with E-state index in [0.717, 1.165) is 17.2 Å². The number of nitrogens with zero attached hydrogens (tertiary/aromatic N) is 2. The second kappa shape index (κ2) is 6.07. The minimum absolute atomic E-state index is 0.282.